The van der Waals surface area contributed by atoms with Crippen LogP contribution in [0.2, 0.25) is 0 Å². The largest absolute Gasteiger partial charge is 0.497 e. The molecule has 0 bridgehead atoms. The second-order valence-corrected chi connectivity index (χ2v) is 6.17. The molecule has 0 aliphatic heterocycles. The first-order valence-electron chi connectivity index (χ1n) is 8.56. The van der Waals surface area contributed by atoms with E-state index in [4.69, 9.17) is 14.0 Å². The lowest BCUT2D eigenvalue weighted by molar-refractivity contribution is -0.115. The van der Waals surface area contributed by atoms with E-state index in [-0.39, 0.29) is 12.3 Å². The number of methoxy groups -OCH3 is 2. The first-order chi connectivity index (χ1) is 13.0. The Labute approximate surface area is 158 Å². The van der Waals surface area contributed by atoms with E-state index in [2.05, 4.69) is 10.5 Å². The maximum atomic E-state index is 12.4. The molecule has 0 radical (unpaired) electrons. The van der Waals surface area contributed by atoms with Gasteiger partial charge in [0.2, 0.25) is 5.91 Å². The number of carbonyl (C=O) groups is 1. The summed E-state index contributed by atoms with van der Waals surface area (Å²) in [5.74, 6) is 2.04. The number of hydrogen-bond acceptors (Lipinski definition) is 5. The Bertz CT molecular complexity index is 926. The van der Waals surface area contributed by atoms with Crippen molar-refractivity contribution in [3.63, 3.8) is 0 Å². The molecule has 0 fully saturated rings. The number of hydrogen-bond donors (Lipinski definition) is 1. The summed E-state index contributed by atoms with van der Waals surface area (Å²) in [7, 11) is 3.25. The molecule has 6 heteroatoms. The Morgan fingerprint density at radius 1 is 1.07 bits per heavy atom. The minimum absolute atomic E-state index is 0.129. The summed E-state index contributed by atoms with van der Waals surface area (Å²) >= 11 is 0. The van der Waals surface area contributed by atoms with E-state index in [1.165, 1.54) is 0 Å². The van der Waals surface area contributed by atoms with Crippen molar-refractivity contribution >= 4 is 11.6 Å². The summed E-state index contributed by atoms with van der Waals surface area (Å²) in [5.41, 5.74) is 4.09. The summed E-state index contributed by atoms with van der Waals surface area (Å²) in [6.07, 6.45) is 0.213. The second kappa shape index (κ2) is 7.95. The van der Waals surface area contributed by atoms with E-state index in [0.717, 1.165) is 33.9 Å². The number of benzene rings is 2. The van der Waals surface area contributed by atoms with Gasteiger partial charge in [-0.1, -0.05) is 17.3 Å². The lowest BCUT2D eigenvalue weighted by Gasteiger charge is -2.12. The molecule has 1 heterocycles. The topological polar surface area (TPSA) is 73.6 Å². The number of amides is 1. The highest BCUT2D eigenvalue weighted by atomic mass is 16.5. The third-order valence-corrected chi connectivity index (χ3v) is 4.40. The van der Waals surface area contributed by atoms with Crippen LogP contribution in [-0.4, -0.2) is 25.3 Å². The van der Waals surface area contributed by atoms with Crippen molar-refractivity contribution in [3.05, 3.63) is 59.5 Å². The predicted octanol–water partition coefficient (Wildman–Crippen LogP) is 4.16. The molecule has 2 aromatic carbocycles. The quantitative estimate of drug-likeness (QED) is 0.709. The molecule has 0 spiro atoms. The molecule has 0 atom stereocenters. The number of carbonyl (C=O) groups excluding carboxylic acids is 1. The Morgan fingerprint density at radius 2 is 1.81 bits per heavy atom. The van der Waals surface area contributed by atoms with Gasteiger partial charge in [0.05, 0.1) is 26.3 Å². The van der Waals surface area contributed by atoms with Gasteiger partial charge in [-0.15, -0.1) is 0 Å². The zero-order valence-corrected chi connectivity index (χ0v) is 15.8. The molecule has 0 saturated heterocycles. The van der Waals surface area contributed by atoms with E-state index >= 15 is 0 Å². The zero-order valence-electron chi connectivity index (χ0n) is 15.8. The van der Waals surface area contributed by atoms with Crippen LogP contribution in [0.15, 0.2) is 47.0 Å². The van der Waals surface area contributed by atoms with Crippen LogP contribution in [0.25, 0.3) is 11.1 Å². The molecule has 0 unspecified atom stereocenters. The Kier molecular flexibility index (Phi) is 5.45. The van der Waals surface area contributed by atoms with Crippen LogP contribution in [0.4, 0.5) is 5.69 Å². The maximum Gasteiger partial charge on any atom is 0.228 e. The molecule has 1 N–H and O–H groups in total. The lowest BCUT2D eigenvalue weighted by atomic mass is 10.0. The van der Waals surface area contributed by atoms with Gasteiger partial charge in [-0.25, -0.2) is 0 Å². The molecule has 0 saturated carbocycles. The van der Waals surface area contributed by atoms with Crippen LogP contribution in [0, 0.1) is 13.8 Å². The van der Waals surface area contributed by atoms with Crippen LogP contribution in [0.5, 0.6) is 11.5 Å². The molecule has 3 rings (SSSR count). The third kappa shape index (κ3) is 4.11. The number of aromatic nitrogens is 1. The SMILES string of the molecule is COc1ccc(-c2cc(NC(=O)Cc3c(C)noc3C)ccc2OC)cc1. The standard InChI is InChI=1S/C21H22N2O4/c1-13-18(14(2)27-23-13)12-21(24)22-16-7-10-20(26-4)19(11-16)15-5-8-17(25-3)9-6-15/h5-11H,12H2,1-4H3,(H,22,24). The minimum atomic E-state index is -0.129. The Hall–Kier alpha value is -3.28. The molecule has 3 aromatic rings. The van der Waals surface area contributed by atoms with Crippen molar-refractivity contribution in [2.24, 2.45) is 0 Å². The van der Waals surface area contributed by atoms with Crippen LogP contribution in [-0.2, 0) is 11.2 Å². The lowest BCUT2D eigenvalue weighted by Crippen LogP contribution is -2.15. The molecular weight excluding hydrogens is 344 g/mol. The number of nitrogens with zero attached hydrogens (tertiary/aromatic N) is 1. The van der Waals surface area contributed by atoms with Crippen molar-refractivity contribution in [2.45, 2.75) is 20.3 Å². The average molecular weight is 366 g/mol. The van der Waals surface area contributed by atoms with Crippen LogP contribution in [0.1, 0.15) is 17.0 Å². The molecule has 140 valence electrons. The van der Waals surface area contributed by atoms with Gasteiger partial charge in [0.1, 0.15) is 17.3 Å². The van der Waals surface area contributed by atoms with Crippen molar-refractivity contribution in [2.75, 3.05) is 19.5 Å². The molecule has 0 aliphatic rings. The molecule has 1 aromatic heterocycles. The van der Waals surface area contributed by atoms with Crippen LogP contribution >= 0.6 is 0 Å². The first kappa shape index (κ1) is 18.5. The summed E-state index contributed by atoms with van der Waals surface area (Å²) < 4.78 is 15.8. The van der Waals surface area contributed by atoms with Gasteiger partial charge >= 0.3 is 0 Å². The van der Waals surface area contributed by atoms with E-state index in [9.17, 15) is 4.79 Å². The fourth-order valence-corrected chi connectivity index (χ4v) is 2.90. The zero-order chi connectivity index (χ0) is 19.4. The van der Waals surface area contributed by atoms with E-state index in [1.54, 1.807) is 21.1 Å². The van der Waals surface area contributed by atoms with Gasteiger partial charge < -0.3 is 19.3 Å². The Balaban J connectivity index is 1.83. The monoisotopic (exact) mass is 366 g/mol. The van der Waals surface area contributed by atoms with Crippen LogP contribution < -0.4 is 14.8 Å². The predicted molar refractivity (Wildman–Crippen MR) is 103 cm³/mol. The maximum absolute atomic E-state index is 12.4. The smallest absolute Gasteiger partial charge is 0.228 e. The van der Waals surface area contributed by atoms with E-state index in [0.29, 0.717) is 11.4 Å². The molecule has 6 nitrogen and oxygen atoms in total. The highest BCUT2D eigenvalue weighted by Gasteiger charge is 2.14. The second-order valence-electron chi connectivity index (χ2n) is 6.17. The number of anilines is 1. The van der Waals surface area contributed by atoms with Gasteiger partial charge in [0, 0.05) is 16.8 Å². The molecule has 0 aliphatic carbocycles. The number of rotatable bonds is 6. The minimum Gasteiger partial charge on any atom is -0.497 e. The molecular formula is C21H22N2O4. The van der Waals surface area contributed by atoms with Crippen molar-refractivity contribution in [3.8, 4) is 22.6 Å². The van der Waals surface area contributed by atoms with Crippen molar-refractivity contribution in [1.29, 1.82) is 0 Å². The summed E-state index contributed by atoms with van der Waals surface area (Å²) in [6.45, 7) is 3.63. The fraction of sp³-hybridized carbons (Fsp3) is 0.238. The fourth-order valence-electron chi connectivity index (χ4n) is 2.90. The van der Waals surface area contributed by atoms with E-state index in [1.807, 2.05) is 49.4 Å². The van der Waals surface area contributed by atoms with E-state index < -0.39 is 0 Å². The first-order valence-corrected chi connectivity index (χ1v) is 8.56. The van der Waals surface area contributed by atoms with Gasteiger partial charge in [-0.05, 0) is 49.7 Å². The summed E-state index contributed by atoms with van der Waals surface area (Å²) in [5, 5.41) is 6.82. The van der Waals surface area contributed by atoms with Gasteiger partial charge in [0.15, 0.2) is 0 Å². The van der Waals surface area contributed by atoms with Crippen molar-refractivity contribution < 1.29 is 18.8 Å². The van der Waals surface area contributed by atoms with Crippen molar-refractivity contribution in [1.82, 2.24) is 5.16 Å². The van der Waals surface area contributed by atoms with Gasteiger partial charge in [-0.2, -0.15) is 0 Å². The normalized spacial score (nSPS) is 10.5. The summed E-state index contributed by atoms with van der Waals surface area (Å²) in [4.78, 5) is 12.4. The number of aryl methyl sites for hydroxylation is 2. The molecule has 1 amide bonds. The van der Waals surface area contributed by atoms with Crippen LogP contribution in [0.3, 0.4) is 0 Å². The molecule has 27 heavy (non-hydrogen) atoms. The third-order valence-electron chi connectivity index (χ3n) is 4.40. The summed E-state index contributed by atoms with van der Waals surface area (Å²) in [6, 6.07) is 13.2. The average Bonchev–Trinajstić information content (AvgIpc) is 3.00. The number of nitrogens with one attached hydrogen (secondary N) is 1. The van der Waals surface area contributed by atoms with Gasteiger partial charge in [0.25, 0.3) is 0 Å². The Morgan fingerprint density at radius 3 is 2.41 bits per heavy atom. The van der Waals surface area contributed by atoms with Gasteiger partial charge in [-0.3, -0.25) is 4.79 Å². The highest BCUT2D eigenvalue weighted by Crippen LogP contribution is 2.33. The highest BCUT2D eigenvalue weighted by molar-refractivity contribution is 5.93. The number of ether oxygens (including phenoxy) is 2.